The number of aromatic amines is 1. The molecule has 0 amide bonds. The minimum Gasteiger partial charge on any atom is -0.456 e. The molecule has 0 unspecified atom stereocenters. The van der Waals surface area contributed by atoms with Gasteiger partial charge in [0.15, 0.2) is 0 Å². The molecule has 6 rings (SSSR count). The SMILES string of the molecule is c1ccc(-c2cccc3oc4ccc5c6ccccc6[nH]c5c4c23)cc1. The van der Waals surface area contributed by atoms with Gasteiger partial charge in [-0.3, -0.25) is 0 Å². The Morgan fingerprint density at radius 1 is 0.577 bits per heavy atom. The summed E-state index contributed by atoms with van der Waals surface area (Å²) in [5, 5.41) is 4.81. The Balaban J connectivity index is 1.86. The van der Waals surface area contributed by atoms with E-state index in [-0.39, 0.29) is 0 Å². The fourth-order valence-electron chi connectivity index (χ4n) is 4.08. The van der Waals surface area contributed by atoms with Gasteiger partial charge in [-0.05, 0) is 35.4 Å². The average Bonchev–Trinajstić information content (AvgIpc) is 3.26. The van der Waals surface area contributed by atoms with Crippen LogP contribution in [0, 0.1) is 0 Å². The highest BCUT2D eigenvalue weighted by molar-refractivity contribution is 6.25. The molecule has 0 saturated carbocycles. The van der Waals surface area contributed by atoms with Crippen LogP contribution < -0.4 is 0 Å². The molecule has 2 nitrogen and oxygen atoms in total. The molecule has 122 valence electrons. The molecule has 0 aliphatic heterocycles. The van der Waals surface area contributed by atoms with E-state index < -0.39 is 0 Å². The highest BCUT2D eigenvalue weighted by Gasteiger charge is 2.16. The topological polar surface area (TPSA) is 28.9 Å². The number of benzene rings is 4. The van der Waals surface area contributed by atoms with Crippen molar-refractivity contribution in [2.75, 3.05) is 0 Å². The van der Waals surface area contributed by atoms with Gasteiger partial charge < -0.3 is 9.40 Å². The van der Waals surface area contributed by atoms with Gasteiger partial charge in [0.2, 0.25) is 0 Å². The summed E-state index contributed by atoms with van der Waals surface area (Å²) in [5.74, 6) is 0. The Labute approximate surface area is 149 Å². The number of nitrogens with one attached hydrogen (secondary N) is 1. The lowest BCUT2D eigenvalue weighted by Crippen LogP contribution is -1.79. The van der Waals surface area contributed by atoms with Crippen molar-refractivity contribution in [2.24, 2.45) is 0 Å². The molecular weight excluding hydrogens is 318 g/mol. The summed E-state index contributed by atoms with van der Waals surface area (Å²) in [5.41, 5.74) is 6.55. The standard InChI is InChI=1S/C24H15NO/c1-2-7-15(8-3-1)16-10-6-12-20-22(16)23-21(26-20)14-13-18-17-9-4-5-11-19(17)25-24(18)23/h1-14,25H. The molecule has 0 fully saturated rings. The molecule has 0 aliphatic carbocycles. The number of H-pyrrole nitrogens is 1. The lowest BCUT2D eigenvalue weighted by molar-refractivity contribution is 0.669. The van der Waals surface area contributed by atoms with E-state index in [1.807, 2.05) is 6.07 Å². The first-order valence-electron chi connectivity index (χ1n) is 8.80. The van der Waals surface area contributed by atoms with Crippen LogP contribution in [0.25, 0.3) is 54.9 Å². The molecule has 4 aromatic carbocycles. The summed E-state index contributed by atoms with van der Waals surface area (Å²) in [6.45, 7) is 0. The number of hydrogen-bond acceptors (Lipinski definition) is 1. The van der Waals surface area contributed by atoms with Gasteiger partial charge in [-0.2, -0.15) is 0 Å². The fraction of sp³-hybridized carbons (Fsp3) is 0. The first-order chi connectivity index (χ1) is 12.9. The average molecular weight is 333 g/mol. The van der Waals surface area contributed by atoms with E-state index in [1.54, 1.807) is 0 Å². The molecule has 6 aromatic rings. The van der Waals surface area contributed by atoms with E-state index in [0.29, 0.717) is 0 Å². The third kappa shape index (κ3) is 1.76. The smallest absolute Gasteiger partial charge is 0.137 e. The number of fused-ring (bicyclic) bond motifs is 7. The minimum atomic E-state index is 0.919. The maximum absolute atomic E-state index is 6.20. The maximum atomic E-state index is 6.20. The molecule has 0 atom stereocenters. The van der Waals surface area contributed by atoms with Crippen LogP contribution >= 0.6 is 0 Å². The molecule has 0 radical (unpaired) electrons. The summed E-state index contributed by atoms with van der Waals surface area (Å²) in [6, 6.07) is 29.5. The van der Waals surface area contributed by atoms with Gasteiger partial charge in [-0.1, -0.05) is 60.7 Å². The van der Waals surface area contributed by atoms with Crippen molar-refractivity contribution in [1.82, 2.24) is 4.98 Å². The van der Waals surface area contributed by atoms with E-state index >= 15 is 0 Å². The molecule has 1 N–H and O–H groups in total. The second-order valence-electron chi connectivity index (χ2n) is 6.68. The Bertz CT molecular complexity index is 1420. The van der Waals surface area contributed by atoms with E-state index in [4.69, 9.17) is 4.42 Å². The van der Waals surface area contributed by atoms with E-state index in [9.17, 15) is 0 Å². The predicted octanol–water partition coefficient (Wildman–Crippen LogP) is 6.89. The number of para-hydroxylation sites is 1. The van der Waals surface area contributed by atoms with E-state index in [0.717, 1.165) is 27.6 Å². The first-order valence-corrected chi connectivity index (χ1v) is 8.80. The highest BCUT2D eigenvalue weighted by Crippen LogP contribution is 2.41. The van der Waals surface area contributed by atoms with Gasteiger partial charge in [0.1, 0.15) is 11.2 Å². The van der Waals surface area contributed by atoms with Crippen molar-refractivity contribution in [3.8, 4) is 11.1 Å². The van der Waals surface area contributed by atoms with Gasteiger partial charge >= 0.3 is 0 Å². The fourth-order valence-corrected chi connectivity index (χ4v) is 4.08. The van der Waals surface area contributed by atoms with E-state index in [1.165, 1.54) is 27.3 Å². The lowest BCUT2D eigenvalue weighted by atomic mass is 9.98. The van der Waals surface area contributed by atoms with Crippen LogP contribution in [0.15, 0.2) is 89.3 Å². The summed E-state index contributed by atoms with van der Waals surface area (Å²) in [6.07, 6.45) is 0. The van der Waals surface area contributed by atoms with Gasteiger partial charge in [-0.25, -0.2) is 0 Å². The monoisotopic (exact) mass is 333 g/mol. The summed E-state index contributed by atoms with van der Waals surface area (Å²) in [4.78, 5) is 3.62. The molecule has 26 heavy (non-hydrogen) atoms. The normalized spacial score (nSPS) is 11.8. The van der Waals surface area contributed by atoms with Crippen LogP contribution in [0.1, 0.15) is 0 Å². The largest absolute Gasteiger partial charge is 0.456 e. The number of furan rings is 1. The zero-order chi connectivity index (χ0) is 17.1. The van der Waals surface area contributed by atoms with Crippen LogP contribution in [0.2, 0.25) is 0 Å². The van der Waals surface area contributed by atoms with Crippen LogP contribution in [0.4, 0.5) is 0 Å². The predicted molar refractivity (Wildman–Crippen MR) is 109 cm³/mol. The van der Waals surface area contributed by atoms with Gasteiger partial charge in [0.25, 0.3) is 0 Å². The van der Waals surface area contributed by atoms with Crippen molar-refractivity contribution in [1.29, 1.82) is 0 Å². The van der Waals surface area contributed by atoms with Crippen LogP contribution in [-0.4, -0.2) is 4.98 Å². The molecular formula is C24H15NO. The van der Waals surface area contributed by atoms with Crippen LogP contribution in [0.3, 0.4) is 0 Å². The van der Waals surface area contributed by atoms with Crippen molar-refractivity contribution in [3.05, 3.63) is 84.9 Å². The summed E-state index contributed by atoms with van der Waals surface area (Å²) >= 11 is 0. The number of rotatable bonds is 1. The van der Waals surface area contributed by atoms with Crippen molar-refractivity contribution in [3.63, 3.8) is 0 Å². The maximum Gasteiger partial charge on any atom is 0.137 e. The molecule has 2 heteroatoms. The molecule has 2 aromatic heterocycles. The zero-order valence-electron chi connectivity index (χ0n) is 14.0. The Hall–Kier alpha value is -3.52. The lowest BCUT2D eigenvalue weighted by Gasteiger charge is -2.03. The van der Waals surface area contributed by atoms with Crippen molar-refractivity contribution in [2.45, 2.75) is 0 Å². The third-order valence-corrected chi connectivity index (χ3v) is 5.22. The quantitative estimate of drug-likeness (QED) is 0.349. The molecule has 0 bridgehead atoms. The molecule has 0 spiro atoms. The van der Waals surface area contributed by atoms with Crippen LogP contribution in [0.5, 0.6) is 0 Å². The Morgan fingerprint density at radius 3 is 2.31 bits per heavy atom. The molecule has 0 aliphatic rings. The third-order valence-electron chi connectivity index (χ3n) is 5.22. The van der Waals surface area contributed by atoms with Gasteiger partial charge in [-0.15, -0.1) is 0 Å². The van der Waals surface area contributed by atoms with Crippen molar-refractivity contribution < 1.29 is 4.42 Å². The van der Waals surface area contributed by atoms with Gasteiger partial charge in [0.05, 0.1) is 10.9 Å². The second-order valence-corrected chi connectivity index (χ2v) is 6.68. The Kier molecular flexibility index (Phi) is 2.64. The number of aromatic nitrogens is 1. The second kappa shape index (κ2) is 4.99. The van der Waals surface area contributed by atoms with E-state index in [2.05, 4.69) is 83.8 Å². The Morgan fingerprint density at radius 2 is 1.38 bits per heavy atom. The highest BCUT2D eigenvalue weighted by atomic mass is 16.3. The minimum absolute atomic E-state index is 0.919. The molecule has 0 saturated heterocycles. The zero-order valence-corrected chi connectivity index (χ0v) is 14.0. The van der Waals surface area contributed by atoms with Gasteiger partial charge in [0, 0.05) is 21.7 Å². The first kappa shape index (κ1) is 13.7. The molecule has 2 heterocycles. The van der Waals surface area contributed by atoms with Crippen LogP contribution in [-0.2, 0) is 0 Å². The summed E-state index contributed by atoms with van der Waals surface area (Å²) < 4.78 is 6.20. The number of hydrogen-bond donors (Lipinski definition) is 1. The van der Waals surface area contributed by atoms with Crippen molar-refractivity contribution >= 4 is 43.7 Å². The summed E-state index contributed by atoms with van der Waals surface area (Å²) in [7, 11) is 0.